The lowest BCUT2D eigenvalue weighted by molar-refractivity contribution is 0.475. The number of rotatable bonds is 2. The number of aromatic hydroxyl groups is 1. The quantitative estimate of drug-likeness (QED) is 0.480. The van der Waals surface area contributed by atoms with Gasteiger partial charge in [-0.3, -0.25) is 0 Å². The van der Waals surface area contributed by atoms with E-state index < -0.39 is 0 Å². The molecule has 2 aromatic carbocycles. The van der Waals surface area contributed by atoms with Crippen molar-refractivity contribution < 1.29 is 9.52 Å². The van der Waals surface area contributed by atoms with Crippen LogP contribution in [0.15, 0.2) is 77.4 Å². The van der Waals surface area contributed by atoms with Crippen LogP contribution in [0.5, 0.6) is 5.75 Å². The Kier molecular flexibility index (Phi) is 3.01. The first-order valence-corrected chi connectivity index (χ1v) is 8.25. The summed E-state index contributed by atoms with van der Waals surface area (Å²) in [5, 5.41) is 9.56. The molecule has 0 bridgehead atoms. The van der Waals surface area contributed by atoms with E-state index in [0.717, 1.165) is 34.7 Å². The lowest BCUT2D eigenvalue weighted by Crippen LogP contribution is -1.93. The van der Waals surface area contributed by atoms with Crippen LogP contribution in [-0.2, 0) is 6.42 Å². The third kappa shape index (κ3) is 2.24. The number of pyridine rings is 1. The van der Waals surface area contributed by atoms with Crippen LogP contribution in [0, 0.1) is 0 Å². The highest BCUT2D eigenvalue weighted by Crippen LogP contribution is 2.42. The third-order valence-corrected chi connectivity index (χ3v) is 4.71. The maximum atomic E-state index is 9.56. The zero-order valence-electron chi connectivity index (χ0n) is 13.4. The van der Waals surface area contributed by atoms with E-state index in [1.54, 1.807) is 18.4 Å². The molecule has 3 heteroatoms. The summed E-state index contributed by atoms with van der Waals surface area (Å²) in [5.74, 6) is 1.10. The SMILES string of the molecule is Oc1ccc(-c2cc(-c3ccco3)c3c(n2)-c2ccccc2C3)cc1. The molecule has 0 saturated carbocycles. The smallest absolute Gasteiger partial charge is 0.134 e. The van der Waals surface area contributed by atoms with E-state index in [1.807, 2.05) is 24.3 Å². The van der Waals surface area contributed by atoms with Gasteiger partial charge < -0.3 is 9.52 Å². The number of benzene rings is 2. The van der Waals surface area contributed by atoms with Gasteiger partial charge in [0.1, 0.15) is 11.5 Å². The fourth-order valence-corrected chi connectivity index (χ4v) is 3.50. The molecule has 2 aromatic heterocycles. The van der Waals surface area contributed by atoms with E-state index >= 15 is 0 Å². The van der Waals surface area contributed by atoms with Gasteiger partial charge >= 0.3 is 0 Å². The van der Waals surface area contributed by atoms with Crippen LogP contribution in [0.2, 0.25) is 0 Å². The lowest BCUT2D eigenvalue weighted by Gasteiger charge is -2.10. The van der Waals surface area contributed by atoms with Gasteiger partial charge in [0, 0.05) is 23.1 Å². The van der Waals surface area contributed by atoms with Gasteiger partial charge in [0.05, 0.1) is 17.7 Å². The number of hydrogen-bond donors (Lipinski definition) is 1. The van der Waals surface area contributed by atoms with E-state index in [-0.39, 0.29) is 5.75 Å². The Labute approximate surface area is 145 Å². The number of fused-ring (bicyclic) bond motifs is 3. The van der Waals surface area contributed by atoms with Gasteiger partial charge in [0.15, 0.2) is 0 Å². The largest absolute Gasteiger partial charge is 0.508 e. The van der Waals surface area contributed by atoms with E-state index in [1.165, 1.54) is 16.7 Å². The Bertz CT molecular complexity index is 1060. The number of hydrogen-bond acceptors (Lipinski definition) is 3. The molecule has 0 saturated heterocycles. The molecular formula is C22H15NO2. The van der Waals surface area contributed by atoms with Gasteiger partial charge in [-0.2, -0.15) is 0 Å². The van der Waals surface area contributed by atoms with Gasteiger partial charge in [-0.15, -0.1) is 0 Å². The summed E-state index contributed by atoms with van der Waals surface area (Å²) in [4.78, 5) is 4.94. The Balaban J connectivity index is 1.78. The van der Waals surface area contributed by atoms with E-state index in [4.69, 9.17) is 9.40 Å². The molecule has 3 nitrogen and oxygen atoms in total. The van der Waals surface area contributed by atoms with Crippen molar-refractivity contribution in [2.75, 3.05) is 0 Å². The van der Waals surface area contributed by atoms with Crippen molar-refractivity contribution in [3.8, 4) is 39.6 Å². The maximum Gasteiger partial charge on any atom is 0.134 e. The van der Waals surface area contributed by atoms with Gasteiger partial charge in [-0.05, 0) is 53.6 Å². The van der Waals surface area contributed by atoms with Crippen molar-refractivity contribution in [1.29, 1.82) is 0 Å². The topological polar surface area (TPSA) is 46.3 Å². The molecule has 2 heterocycles. The maximum absolute atomic E-state index is 9.56. The van der Waals surface area contributed by atoms with Crippen LogP contribution in [0.3, 0.4) is 0 Å². The minimum absolute atomic E-state index is 0.251. The molecule has 1 N–H and O–H groups in total. The lowest BCUT2D eigenvalue weighted by atomic mass is 10.0. The van der Waals surface area contributed by atoms with Gasteiger partial charge in [-0.1, -0.05) is 24.3 Å². The van der Waals surface area contributed by atoms with Gasteiger partial charge in [0.25, 0.3) is 0 Å². The molecule has 0 spiro atoms. The minimum atomic E-state index is 0.251. The highest BCUT2D eigenvalue weighted by molar-refractivity contribution is 5.84. The second-order valence-corrected chi connectivity index (χ2v) is 6.24. The molecule has 25 heavy (non-hydrogen) atoms. The van der Waals surface area contributed by atoms with Crippen molar-refractivity contribution >= 4 is 0 Å². The zero-order chi connectivity index (χ0) is 16.8. The minimum Gasteiger partial charge on any atom is -0.508 e. The van der Waals surface area contributed by atoms with E-state index in [9.17, 15) is 5.11 Å². The van der Waals surface area contributed by atoms with Crippen molar-refractivity contribution in [3.63, 3.8) is 0 Å². The second kappa shape index (κ2) is 5.35. The van der Waals surface area contributed by atoms with Crippen LogP contribution in [0.1, 0.15) is 11.1 Å². The molecule has 120 valence electrons. The summed E-state index contributed by atoms with van der Waals surface area (Å²) in [7, 11) is 0. The Morgan fingerprint density at radius 1 is 0.880 bits per heavy atom. The third-order valence-electron chi connectivity index (χ3n) is 4.71. The Hall–Kier alpha value is -3.33. The van der Waals surface area contributed by atoms with E-state index in [2.05, 4.69) is 30.3 Å². The number of phenols is 1. The van der Waals surface area contributed by atoms with Crippen LogP contribution < -0.4 is 0 Å². The second-order valence-electron chi connectivity index (χ2n) is 6.24. The molecular weight excluding hydrogens is 310 g/mol. The molecule has 1 aliphatic carbocycles. The molecule has 0 radical (unpaired) electrons. The standard InChI is InChI=1S/C22H15NO2/c24-16-9-7-14(8-10-16)20-13-18(21-6-3-11-25-21)19-12-15-4-1-2-5-17(15)22(19)23-20/h1-11,13,24H,12H2. The molecule has 0 unspecified atom stereocenters. The first-order valence-electron chi connectivity index (χ1n) is 8.25. The highest BCUT2D eigenvalue weighted by atomic mass is 16.3. The summed E-state index contributed by atoms with van der Waals surface area (Å²) in [6.07, 6.45) is 2.56. The highest BCUT2D eigenvalue weighted by Gasteiger charge is 2.25. The Morgan fingerprint density at radius 2 is 1.72 bits per heavy atom. The molecule has 5 rings (SSSR count). The van der Waals surface area contributed by atoms with Gasteiger partial charge in [0.2, 0.25) is 0 Å². The molecule has 4 aromatic rings. The van der Waals surface area contributed by atoms with Crippen LogP contribution in [-0.4, -0.2) is 10.1 Å². The monoisotopic (exact) mass is 325 g/mol. The number of aromatic nitrogens is 1. The number of furan rings is 1. The molecule has 1 aliphatic rings. The summed E-state index contributed by atoms with van der Waals surface area (Å²) in [6, 6.07) is 21.5. The molecule has 0 amide bonds. The molecule has 0 aliphatic heterocycles. The number of nitrogens with zero attached hydrogens (tertiary/aromatic N) is 1. The average Bonchev–Trinajstić information content (AvgIpc) is 3.29. The van der Waals surface area contributed by atoms with Crippen molar-refractivity contribution in [1.82, 2.24) is 4.98 Å². The molecule has 0 atom stereocenters. The van der Waals surface area contributed by atoms with Crippen molar-refractivity contribution in [2.24, 2.45) is 0 Å². The fourth-order valence-electron chi connectivity index (χ4n) is 3.50. The summed E-state index contributed by atoms with van der Waals surface area (Å²) < 4.78 is 5.69. The first kappa shape index (κ1) is 14.1. The van der Waals surface area contributed by atoms with E-state index in [0.29, 0.717) is 0 Å². The summed E-state index contributed by atoms with van der Waals surface area (Å²) in [6.45, 7) is 0. The van der Waals surface area contributed by atoms with Crippen LogP contribution >= 0.6 is 0 Å². The summed E-state index contributed by atoms with van der Waals surface area (Å²) >= 11 is 0. The van der Waals surface area contributed by atoms with Crippen molar-refractivity contribution in [3.05, 3.63) is 84.1 Å². The van der Waals surface area contributed by atoms with Crippen molar-refractivity contribution in [2.45, 2.75) is 6.42 Å². The van der Waals surface area contributed by atoms with Crippen LogP contribution in [0.4, 0.5) is 0 Å². The normalized spacial score (nSPS) is 12.0. The predicted octanol–water partition coefficient (Wildman–Crippen LogP) is 5.29. The average molecular weight is 325 g/mol. The predicted molar refractivity (Wildman–Crippen MR) is 97.3 cm³/mol. The van der Waals surface area contributed by atoms with Gasteiger partial charge in [-0.25, -0.2) is 4.98 Å². The van der Waals surface area contributed by atoms with Crippen LogP contribution in [0.25, 0.3) is 33.8 Å². The summed E-state index contributed by atoms with van der Waals surface area (Å²) in [5.41, 5.74) is 7.63. The molecule has 0 fully saturated rings. The fraction of sp³-hybridized carbons (Fsp3) is 0.0455. The first-order chi connectivity index (χ1) is 12.3. The number of phenolic OH excluding ortho intramolecular Hbond substituents is 1. The Morgan fingerprint density at radius 3 is 2.52 bits per heavy atom. The zero-order valence-corrected chi connectivity index (χ0v) is 13.4.